The van der Waals surface area contributed by atoms with E-state index in [1.165, 1.54) is 0 Å². The number of nitrogens with one attached hydrogen (secondary N) is 1. The number of rotatable bonds is 1. The summed E-state index contributed by atoms with van der Waals surface area (Å²) in [7, 11) is 0. The van der Waals surface area contributed by atoms with Gasteiger partial charge in [0.15, 0.2) is 5.78 Å². The summed E-state index contributed by atoms with van der Waals surface area (Å²) in [6.45, 7) is 0. The van der Waals surface area contributed by atoms with Gasteiger partial charge in [0.1, 0.15) is 17.3 Å². The molecule has 6 nitrogen and oxygen atoms in total. The number of allylic oxidation sites excluding steroid dienone is 1. The van der Waals surface area contributed by atoms with E-state index >= 15 is 0 Å². The van der Waals surface area contributed by atoms with Crippen LogP contribution in [-0.4, -0.2) is 11.7 Å². The zero-order chi connectivity index (χ0) is 22.8. The molecule has 1 spiro atoms. The Balaban J connectivity index is 1.88. The molecule has 160 valence electrons. The van der Waals surface area contributed by atoms with Crippen LogP contribution >= 0.6 is 34.8 Å². The van der Waals surface area contributed by atoms with Crippen LogP contribution in [0, 0.1) is 11.3 Å². The van der Waals surface area contributed by atoms with E-state index in [2.05, 4.69) is 11.4 Å². The van der Waals surface area contributed by atoms with Crippen molar-refractivity contribution in [2.45, 2.75) is 24.7 Å². The van der Waals surface area contributed by atoms with Gasteiger partial charge in [-0.2, -0.15) is 5.26 Å². The van der Waals surface area contributed by atoms with Crippen LogP contribution in [-0.2, 0) is 15.0 Å². The van der Waals surface area contributed by atoms with Crippen LogP contribution in [0.25, 0.3) is 0 Å². The molecule has 2 aliphatic heterocycles. The number of amides is 1. The topological polar surface area (TPSA) is 99.2 Å². The van der Waals surface area contributed by atoms with Gasteiger partial charge in [-0.25, -0.2) is 0 Å². The summed E-state index contributed by atoms with van der Waals surface area (Å²) in [4.78, 5) is 28.5. The molecule has 1 amide bonds. The zero-order valence-corrected chi connectivity index (χ0v) is 18.8. The lowest BCUT2D eigenvalue weighted by atomic mass is 9.64. The highest BCUT2D eigenvalue weighted by atomic mass is 35.5. The van der Waals surface area contributed by atoms with E-state index in [0.29, 0.717) is 50.5 Å². The van der Waals surface area contributed by atoms with Crippen LogP contribution in [0.5, 0.6) is 0 Å². The Morgan fingerprint density at radius 2 is 1.84 bits per heavy atom. The third-order valence-electron chi connectivity index (χ3n) is 6.15. The Hall–Kier alpha value is -2.98. The van der Waals surface area contributed by atoms with E-state index in [4.69, 9.17) is 40.5 Å². The summed E-state index contributed by atoms with van der Waals surface area (Å²) in [5.41, 5.74) is 7.19. The standard InChI is InChI=1S/C23H15Cl3N4O2/c24-11-4-7-17-13(8-11)23(22(32)29-17)14(10-27)21(28)30(12-5-6-15(25)16(26)9-12)18-2-1-3-19(31)20(18)23/h4-9H,1-3,28H2,(H,29,32). The van der Waals surface area contributed by atoms with Crippen molar-refractivity contribution in [3.05, 3.63) is 79.7 Å². The van der Waals surface area contributed by atoms with E-state index in [1.807, 2.05) is 0 Å². The van der Waals surface area contributed by atoms with Gasteiger partial charge in [0.2, 0.25) is 5.91 Å². The lowest BCUT2D eigenvalue weighted by Crippen LogP contribution is -2.50. The van der Waals surface area contributed by atoms with E-state index in [9.17, 15) is 14.9 Å². The van der Waals surface area contributed by atoms with Crippen molar-refractivity contribution in [3.63, 3.8) is 0 Å². The van der Waals surface area contributed by atoms with Crippen molar-refractivity contribution >= 4 is 57.9 Å². The summed E-state index contributed by atoms with van der Waals surface area (Å²) >= 11 is 18.6. The van der Waals surface area contributed by atoms with Crippen LogP contribution in [0.3, 0.4) is 0 Å². The summed E-state index contributed by atoms with van der Waals surface area (Å²) in [5, 5.41) is 14.1. The number of halogens is 3. The molecule has 1 atom stereocenters. The Morgan fingerprint density at radius 1 is 1.06 bits per heavy atom. The lowest BCUT2D eigenvalue weighted by molar-refractivity contribution is -0.122. The molecule has 0 fully saturated rings. The van der Waals surface area contributed by atoms with Crippen LogP contribution in [0.1, 0.15) is 24.8 Å². The Morgan fingerprint density at radius 3 is 2.56 bits per heavy atom. The molecule has 2 heterocycles. The van der Waals surface area contributed by atoms with Crippen molar-refractivity contribution in [2.24, 2.45) is 5.73 Å². The second-order valence-corrected chi connectivity index (χ2v) is 9.05. The monoisotopic (exact) mass is 484 g/mol. The minimum absolute atomic E-state index is 0.0314. The molecule has 0 aromatic heterocycles. The second-order valence-electron chi connectivity index (χ2n) is 7.80. The largest absolute Gasteiger partial charge is 0.384 e. The van der Waals surface area contributed by atoms with Gasteiger partial charge in [-0.1, -0.05) is 34.8 Å². The fraction of sp³-hybridized carbons (Fsp3) is 0.174. The third-order valence-corrected chi connectivity index (χ3v) is 7.12. The summed E-state index contributed by atoms with van der Waals surface area (Å²) < 4.78 is 0. The lowest BCUT2D eigenvalue weighted by Gasteiger charge is -2.43. The smallest absolute Gasteiger partial charge is 0.245 e. The number of nitrogens with two attached hydrogens (primary N) is 1. The van der Waals surface area contributed by atoms with Gasteiger partial charge in [0, 0.05) is 39.7 Å². The van der Waals surface area contributed by atoms with Crippen LogP contribution in [0.4, 0.5) is 11.4 Å². The number of nitriles is 1. The summed E-state index contributed by atoms with van der Waals surface area (Å²) in [5.74, 6) is -0.646. The Labute approximate surface area is 198 Å². The number of fused-ring (bicyclic) bond motifs is 3. The fourth-order valence-electron chi connectivity index (χ4n) is 4.88. The maximum atomic E-state index is 13.5. The van der Waals surface area contributed by atoms with Crippen molar-refractivity contribution < 1.29 is 9.59 Å². The molecule has 3 aliphatic rings. The van der Waals surface area contributed by atoms with Crippen LogP contribution in [0.2, 0.25) is 15.1 Å². The first-order valence-electron chi connectivity index (χ1n) is 9.84. The molecule has 1 aliphatic carbocycles. The predicted octanol–water partition coefficient (Wildman–Crippen LogP) is 5.06. The van der Waals surface area contributed by atoms with Crippen molar-refractivity contribution in [3.8, 4) is 6.07 Å². The molecule has 2 aromatic carbocycles. The zero-order valence-electron chi connectivity index (χ0n) is 16.5. The van der Waals surface area contributed by atoms with Crippen LogP contribution in [0.15, 0.2) is 59.1 Å². The Bertz CT molecular complexity index is 1340. The molecule has 0 bridgehead atoms. The first-order valence-corrected chi connectivity index (χ1v) is 11.0. The molecule has 1 unspecified atom stereocenters. The first kappa shape index (κ1) is 20.9. The molecular formula is C23H15Cl3N4O2. The minimum atomic E-state index is -1.65. The molecule has 0 radical (unpaired) electrons. The van der Waals surface area contributed by atoms with Gasteiger partial charge in [0.25, 0.3) is 0 Å². The number of benzene rings is 2. The van der Waals surface area contributed by atoms with Crippen molar-refractivity contribution in [2.75, 3.05) is 10.2 Å². The molecule has 0 saturated carbocycles. The van der Waals surface area contributed by atoms with Gasteiger partial charge in [-0.05, 0) is 49.2 Å². The first-order chi connectivity index (χ1) is 15.3. The van der Waals surface area contributed by atoms with Crippen molar-refractivity contribution in [1.82, 2.24) is 0 Å². The Kier molecular flexibility index (Phi) is 4.75. The highest BCUT2D eigenvalue weighted by Crippen LogP contribution is 2.55. The van der Waals surface area contributed by atoms with Gasteiger partial charge in [-0.3, -0.25) is 14.5 Å². The van der Waals surface area contributed by atoms with E-state index < -0.39 is 11.3 Å². The number of carbonyl (C=O) groups excluding carboxylic acids is 2. The average molecular weight is 486 g/mol. The average Bonchev–Trinajstić information content (AvgIpc) is 3.03. The molecule has 3 N–H and O–H groups in total. The highest BCUT2D eigenvalue weighted by molar-refractivity contribution is 6.42. The summed E-state index contributed by atoms with van der Waals surface area (Å²) in [6.07, 6.45) is 1.34. The maximum Gasteiger partial charge on any atom is 0.245 e. The SMILES string of the molecule is N#CC1=C(N)N(c2ccc(Cl)c(Cl)c2)C2=C(C(=O)CCC2)C12C(=O)Nc1ccc(Cl)cc12. The van der Waals surface area contributed by atoms with E-state index in [0.717, 1.165) is 0 Å². The third kappa shape index (κ3) is 2.65. The summed E-state index contributed by atoms with van der Waals surface area (Å²) in [6, 6.07) is 12.0. The molecule has 0 saturated heterocycles. The van der Waals surface area contributed by atoms with E-state index in [1.54, 1.807) is 41.3 Å². The minimum Gasteiger partial charge on any atom is -0.384 e. The number of ketones is 1. The maximum absolute atomic E-state index is 13.5. The molecule has 2 aromatic rings. The highest BCUT2D eigenvalue weighted by Gasteiger charge is 2.60. The molecule has 32 heavy (non-hydrogen) atoms. The van der Waals surface area contributed by atoms with Crippen molar-refractivity contribution in [1.29, 1.82) is 5.26 Å². The van der Waals surface area contributed by atoms with Gasteiger partial charge < -0.3 is 11.1 Å². The second kappa shape index (κ2) is 7.28. The number of nitrogens with zero attached hydrogens (tertiary/aromatic N) is 2. The number of Topliss-reactive ketones (excluding diaryl/α,β-unsaturated/α-hetero) is 1. The molecule has 9 heteroatoms. The molecular weight excluding hydrogens is 471 g/mol. The number of anilines is 2. The number of hydrogen-bond acceptors (Lipinski definition) is 5. The quantitative estimate of drug-likeness (QED) is 0.588. The van der Waals surface area contributed by atoms with Crippen LogP contribution < -0.4 is 16.0 Å². The van der Waals surface area contributed by atoms with Gasteiger partial charge >= 0.3 is 0 Å². The number of hydrogen-bond donors (Lipinski definition) is 2. The predicted molar refractivity (Wildman–Crippen MR) is 123 cm³/mol. The fourth-order valence-corrected chi connectivity index (χ4v) is 5.35. The van der Waals surface area contributed by atoms with Gasteiger partial charge in [0.05, 0.1) is 15.6 Å². The normalized spacial score (nSPS) is 22.1. The molecule has 5 rings (SSSR count). The van der Waals surface area contributed by atoms with Gasteiger partial charge in [-0.15, -0.1) is 0 Å². The number of carbonyl (C=O) groups is 2. The van der Waals surface area contributed by atoms with E-state index in [-0.39, 0.29) is 29.2 Å².